The molecule has 0 saturated carbocycles. The van der Waals surface area contributed by atoms with Crippen LogP contribution in [0.3, 0.4) is 0 Å². The Morgan fingerprint density at radius 1 is 1.53 bits per heavy atom. The first-order valence-corrected chi connectivity index (χ1v) is 6.13. The number of thiazole rings is 1. The molecule has 15 heavy (non-hydrogen) atoms. The zero-order chi connectivity index (χ0) is 10.8. The van der Waals surface area contributed by atoms with Crippen molar-refractivity contribution in [3.63, 3.8) is 0 Å². The van der Waals surface area contributed by atoms with E-state index in [0.717, 1.165) is 24.1 Å². The number of nitrogens with zero attached hydrogens (tertiary/aromatic N) is 3. The molecule has 1 aliphatic heterocycles. The van der Waals surface area contributed by atoms with Gasteiger partial charge in [-0.05, 0) is 18.3 Å². The van der Waals surface area contributed by atoms with Crippen molar-refractivity contribution < 1.29 is 0 Å². The minimum Gasteiger partial charge on any atom is -0.348 e. The van der Waals surface area contributed by atoms with Gasteiger partial charge < -0.3 is 4.90 Å². The molecule has 1 saturated heterocycles. The molecule has 2 rings (SSSR count). The molecule has 2 unspecified atom stereocenters. The highest BCUT2D eigenvalue weighted by Gasteiger charge is 2.24. The normalized spacial score (nSPS) is 26.3. The Hall–Kier alpha value is -1.08. The number of nitriles is 1. The summed E-state index contributed by atoms with van der Waals surface area (Å²) in [5.74, 6) is 1.52. The smallest absolute Gasteiger partial charge is 0.186 e. The van der Waals surface area contributed by atoms with Gasteiger partial charge in [-0.3, -0.25) is 0 Å². The highest BCUT2D eigenvalue weighted by Crippen LogP contribution is 2.29. The summed E-state index contributed by atoms with van der Waals surface area (Å²) >= 11 is 1.50. The van der Waals surface area contributed by atoms with Crippen molar-refractivity contribution in [2.45, 2.75) is 20.3 Å². The molecule has 1 aromatic rings. The molecule has 0 aromatic carbocycles. The first-order valence-electron chi connectivity index (χ1n) is 5.31. The maximum atomic E-state index is 8.75. The lowest BCUT2D eigenvalue weighted by molar-refractivity contribution is 0.324. The number of rotatable bonds is 1. The van der Waals surface area contributed by atoms with Crippen molar-refractivity contribution in [1.29, 1.82) is 5.26 Å². The van der Waals surface area contributed by atoms with Crippen molar-refractivity contribution in [2.75, 3.05) is 18.0 Å². The third-order valence-electron chi connectivity index (χ3n) is 3.21. The van der Waals surface area contributed by atoms with Gasteiger partial charge in [0.1, 0.15) is 10.9 Å². The van der Waals surface area contributed by atoms with Gasteiger partial charge in [0.25, 0.3) is 0 Å². The lowest BCUT2D eigenvalue weighted by atomic mass is 9.89. The van der Waals surface area contributed by atoms with Gasteiger partial charge in [0.2, 0.25) is 0 Å². The molecular weight excluding hydrogens is 206 g/mol. The summed E-state index contributed by atoms with van der Waals surface area (Å²) in [5.41, 5.74) is 0. The van der Waals surface area contributed by atoms with Crippen LogP contribution in [0.4, 0.5) is 5.13 Å². The molecule has 80 valence electrons. The Kier molecular flexibility index (Phi) is 2.92. The fourth-order valence-electron chi connectivity index (χ4n) is 1.90. The molecule has 0 amide bonds. The van der Waals surface area contributed by atoms with Gasteiger partial charge in [0, 0.05) is 13.1 Å². The van der Waals surface area contributed by atoms with Crippen molar-refractivity contribution in [3.8, 4) is 6.07 Å². The second-order valence-corrected chi connectivity index (χ2v) is 5.32. The van der Waals surface area contributed by atoms with Gasteiger partial charge in [-0.2, -0.15) is 5.26 Å². The third kappa shape index (κ3) is 2.13. The minimum absolute atomic E-state index is 0.705. The first-order chi connectivity index (χ1) is 7.20. The highest BCUT2D eigenvalue weighted by atomic mass is 32.1. The maximum absolute atomic E-state index is 8.75. The molecule has 0 N–H and O–H groups in total. The minimum atomic E-state index is 0.705. The predicted molar refractivity (Wildman–Crippen MR) is 62.0 cm³/mol. The first kappa shape index (κ1) is 10.4. The SMILES string of the molecule is CC1CCN(c2ncc(C#N)s2)CC1C. The van der Waals surface area contributed by atoms with Gasteiger partial charge in [0.05, 0.1) is 6.20 Å². The van der Waals surface area contributed by atoms with Gasteiger partial charge >= 0.3 is 0 Å². The number of anilines is 1. The predicted octanol–water partition coefficient (Wildman–Crippen LogP) is 2.50. The van der Waals surface area contributed by atoms with Crippen LogP contribution in [-0.4, -0.2) is 18.1 Å². The highest BCUT2D eigenvalue weighted by molar-refractivity contribution is 7.16. The van der Waals surface area contributed by atoms with E-state index in [1.807, 2.05) is 0 Å². The molecule has 0 spiro atoms. The topological polar surface area (TPSA) is 39.9 Å². The molecular formula is C11H15N3S. The molecule has 2 heterocycles. The second kappa shape index (κ2) is 4.19. The molecule has 1 fully saturated rings. The number of hydrogen-bond acceptors (Lipinski definition) is 4. The van der Waals surface area contributed by atoms with Crippen LogP contribution in [0.1, 0.15) is 25.1 Å². The Balaban J connectivity index is 2.09. The van der Waals surface area contributed by atoms with Crippen LogP contribution in [0.2, 0.25) is 0 Å². The Morgan fingerprint density at radius 2 is 2.33 bits per heavy atom. The average molecular weight is 221 g/mol. The maximum Gasteiger partial charge on any atom is 0.186 e. The molecule has 3 nitrogen and oxygen atoms in total. The van der Waals surface area contributed by atoms with Crippen LogP contribution in [-0.2, 0) is 0 Å². The Bertz CT molecular complexity index is 379. The van der Waals surface area contributed by atoms with Crippen LogP contribution < -0.4 is 4.90 Å². The van der Waals surface area contributed by atoms with Crippen molar-refractivity contribution in [2.24, 2.45) is 11.8 Å². The summed E-state index contributed by atoms with van der Waals surface area (Å²) in [6.07, 6.45) is 2.89. The van der Waals surface area contributed by atoms with E-state index in [-0.39, 0.29) is 0 Å². The Labute approximate surface area is 94.4 Å². The molecule has 2 atom stereocenters. The fraction of sp³-hybridized carbons (Fsp3) is 0.636. The molecule has 1 aliphatic rings. The third-order valence-corrected chi connectivity index (χ3v) is 4.17. The van der Waals surface area contributed by atoms with Crippen molar-refractivity contribution in [3.05, 3.63) is 11.1 Å². The molecule has 0 bridgehead atoms. The van der Waals surface area contributed by atoms with E-state index in [0.29, 0.717) is 10.8 Å². The number of piperidine rings is 1. The lowest BCUT2D eigenvalue weighted by Gasteiger charge is -2.35. The van der Waals surface area contributed by atoms with Crippen LogP contribution in [0.15, 0.2) is 6.20 Å². The van der Waals surface area contributed by atoms with E-state index >= 15 is 0 Å². The molecule has 1 aromatic heterocycles. The van der Waals surface area contributed by atoms with E-state index in [9.17, 15) is 0 Å². The summed E-state index contributed by atoms with van der Waals surface area (Å²) in [6, 6.07) is 2.14. The van der Waals surface area contributed by atoms with Crippen molar-refractivity contribution >= 4 is 16.5 Å². The summed E-state index contributed by atoms with van der Waals surface area (Å²) in [5, 5.41) is 9.75. The number of aromatic nitrogens is 1. The Morgan fingerprint density at radius 3 is 2.93 bits per heavy atom. The van der Waals surface area contributed by atoms with Crippen LogP contribution in [0.5, 0.6) is 0 Å². The van der Waals surface area contributed by atoms with Gasteiger partial charge in [-0.15, -0.1) is 0 Å². The fourth-order valence-corrected chi connectivity index (χ4v) is 2.65. The summed E-state index contributed by atoms with van der Waals surface area (Å²) in [7, 11) is 0. The summed E-state index contributed by atoms with van der Waals surface area (Å²) in [6.45, 7) is 6.74. The second-order valence-electron chi connectivity index (χ2n) is 4.31. The van der Waals surface area contributed by atoms with Crippen LogP contribution in [0, 0.1) is 23.2 Å². The average Bonchev–Trinajstić information content (AvgIpc) is 2.70. The van der Waals surface area contributed by atoms with E-state index in [2.05, 4.69) is 29.8 Å². The monoisotopic (exact) mass is 221 g/mol. The zero-order valence-corrected chi connectivity index (χ0v) is 9.92. The van der Waals surface area contributed by atoms with E-state index < -0.39 is 0 Å². The summed E-state index contributed by atoms with van der Waals surface area (Å²) in [4.78, 5) is 7.30. The number of hydrogen-bond donors (Lipinski definition) is 0. The zero-order valence-electron chi connectivity index (χ0n) is 9.10. The van der Waals surface area contributed by atoms with E-state index in [4.69, 9.17) is 5.26 Å². The van der Waals surface area contributed by atoms with E-state index in [1.165, 1.54) is 17.8 Å². The largest absolute Gasteiger partial charge is 0.348 e. The lowest BCUT2D eigenvalue weighted by Crippen LogP contribution is -2.38. The molecule has 0 radical (unpaired) electrons. The van der Waals surface area contributed by atoms with Gasteiger partial charge in [-0.1, -0.05) is 25.2 Å². The van der Waals surface area contributed by atoms with E-state index in [1.54, 1.807) is 6.20 Å². The standard InChI is InChI=1S/C11H15N3S/c1-8-3-4-14(7-9(8)2)11-13-6-10(5-12)15-11/h6,8-9H,3-4,7H2,1-2H3. The summed E-state index contributed by atoms with van der Waals surface area (Å²) < 4.78 is 0. The van der Waals surface area contributed by atoms with Crippen molar-refractivity contribution in [1.82, 2.24) is 4.98 Å². The van der Waals surface area contributed by atoms with Crippen LogP contribution in [0.25, 0.3) is 0 Å². The van der Waals surface area contributed by atoms with Gasteiger partial charge in [-0.25, -0.2) is 4.98 Å². The quantitative estimate of drug-likeness (QED) is 0.731. The van der Waals surface area contributed by atoms with Crippen LogP contribution >= 0.6 is 11.3 Å². The van der Waals surface area contributed by atoms with Gasteiger partial charge in [0.15, 0.2) is 5.13 Å². The molecule has 4 heteroatoms. The molecule has 0 aliphatic carbocycles.